The smallest absolute Gasteiger partial charge is 0.319 e. The Labute approximate surface area is 133 Å². The van der Waals surface area contributed by atoms with Crippen molar-refractivity contribution in [1.29, 1.82) is 0 Å². The van der Waals surface area contributed by atoms with E-state index >= 15 is 0 Å². The molecule has 110 valence electrons. The minimum atomic E-state index is -0.171. The van der Waals surface area contributed by atoms with E-state index in [-0.39, 0.29) is 6.03 Å². The van der Waals surface area contributed by atoms with E-state index in [9.17, 15) is 4.79 Å². The van der Waals surface area contributed by atoms with E-state index in [1.54, 1.807) is 0 Å². The first kappa shape index (κ1) is 15.6. The van der Waals surface area contributed by atoms with Crippen LogP contribution in [0.25, 0.3) is 0 Å². The van der Waals surface area contributed by atoms with E-state index in [2.05, 4.69) is 38.7 Å². The first-order valence-corrected chi connectivity index (χ1v) is 7.70. The molecule has 21 heavy (non-hydrogen) atoms. The highest BCUT2D eigenvalue weighted by molar-refractivity contribution is 9.10. The Balaban J connectivity index is 1.82. The second kappa shape index (κ2) is 7.27. The monoisotopic (exact) mass is 346 g/mol. The molecule has 0 aliphatic heterocycles. The Morgan fingerprint density at radius 2 is 1.81 bits per heavy atom. The minimum Gasteiger partial charge on any atom is -0.338 e. The fourth-order valence-electron chi connectivity index (χ4n) is 2.23. The van der Waals surface area contributed by atoms with E-state index in [1.165, 1.54) is 5.56 Å². The normalized spacial score (nSPS) is 10.2. The number of carbonyl (C=O) groups excluding carboxylic acids is 1. The molecule has 0 spiro atoms. The second-order valence-corrected chi connectivity index (χ2v) is 6.05. The van der Waals surface area contributed by atoms with Gasteiger partial charge in [0.2, 0.25) is 0 Å². The summed E-state index contributed by atoms with van der Waals surface area (Å²) in [4.78, 5) is 11.9. The molecule has 0 aromatic heterocycles. The van der Waals surface area contributed by atoms with Gasteiger partial charge in [-0.1, -0.05) is 34.1 Å². The van der Waals surface area contributed by atoms with Gasteiger partial charge in [-0.15, -0.1) is 0 Å². The summed E-state index contributed by atoms with van der Waals surface area (Å²) in [6.45, 7) is 4.64. The number of rotatable bonds is 4. The lowest BCUT2D eigenvalue weighted by Crippen LogP contribution is -2.30. The molecule has 0 atom stereocenters. The summed E-state index contributed by atoms with van der Waals surface area (Å²) in [7, 11) is 0. The number of hydrogen-bond donors (Lipinski definition) is 2. The fourth-order valence-corrected chi connectivity index (χ4v) is 2.68. The van der Waals surface area contributed by atoms with E-state index < -0.39 is 0 Å². The highest BCUT2D eigenvalue weighted by atomic mass is 79.9. The molecule has 2 amide bonds. The van der Waals surface area contributed by atoms with Crippen molar-refractivity contribution in [1.82, 2.24) is 5.32 Å². The van der Waals surface area contributed by atoms with Gasteiger partial charge in [-0.25, -0.2) is 4.79 Å². The quantitative estimate of drug-likeness (QED) is 0.844. The van der Waals surface area contributed by atoms with Crippen LogP contribution < -0.4 is 10.6 Å². The first-order valence-electron chi connectivity index (χ1n) is 6.90. The van der Waals surface area contributed by atoms with Crippen LogP contribution in [0.1, 0.15) is 16.7 Å². The number of urea groups is 1. The van der Waals surface area contributed by atoms with Gasteiger partial charge >= 0.3 is 6.03 Å². The van der Waals surface area contributed by atoms with Crippen molar-refractivity contribution in [2.45, 2.75) is 20.3 Å². The molecule has 2 rings (SSSR count). The zero-order valence-electron chi connectivity index (χ0n) is 12.2. The third kappa shape index (κ3) is 5.23. The number of carbonyl (C=O) groups is 1. The molecule has 0 bridgehead atoms. The molecule has 0 saturated carbocycles. The molecule has 4 heteroatoms. The van der Waals surface area contributed by atoms with Crippen molar-refractivity contribution < 1.29 is 4.79 Å². The topological polar surface area (TPSA) is 41.1 Å². The van der Waals surface area contributed by atoms with Crippen molar-refractivity contribution >= 4 is 27.6 Å². The number of nitrogens with one attached hydrogen (secondary N) is 2. The van der Waals surface area contributed by atoms with E-state index in [1.807, 2.05) is 44.2 Å². The molecule has 0 radical (unpaired) electrons. The lowest BCUT2D eigenvalue weighted by molar-refractivity contribution is 0.252. The van der Waals surface area contributed by atoms with E-state index in [0.29, 0.717) is 6.54 Å². The summed E-state index contributed by atoms with van der Waals surface area (Å²) in [5.74, 6) is 0. The van der Waals surface area contributed by atoms with Crippen LogP contribution in [0.5, 0.6) is 0 Å². The Bertz CT molecular complexity index is 620. The number of amides is 2. The van der Waals surface area contributed by atoms with Gasteiger partial charge in [-0.05, 0) is 61.2 Å². The van der Waals surface area contributed by atoms with Crippen molar-refractivity contribution in [2.75, 3.05) is 11.9 Å². The Morgan fingerprint density at radius 3 is 2.48 bits per heavy atom. The number of hydrogen-bond acceptors (Lipinski definition) is 1. The molecular weight excluding hydrogens is 328 g/mol. The van der Waals surface area contributed by atoms with Gasteiger partial charge in [0.15, 0.2) is 0 Å². The summed E-state index contributed by atoms with van der Waals surface area (Å²) in [5, 5.41) is 5.73. The van der Waals surface area contributed by atoms with Crippen molar-refractivity contribution in [2.24, 2.45) is 0 Å². The Hall–Kier alpha value is -1.81. The predicted molar refractivity (Wildman–Crippen MR) is 90.8 cm³/mol. The standard InChI is InChI=1S/C17H19BrN2O/c1-12-8-13(2)10-16(9-12)20-17(21)19-7-6-14-4-3-5-15(18)11-14/h3-5,8-11H,6-7H2,1-2H3,(H2,19,20,21). The van der Waals surface area contributed by atoms with Gasteiger partial charge in [-0.2, -0.15) is 0 Å². The SMILES string of the molecule is Cc1cc(C)cc(NC(=O)NCCc2cccc(Br)c2)c1. The molecular formula is C17H19BrN2O. The molecule has 0 saturated heterocycles. The average Bonchev–Trinajstić information content (AvgIpc) is 2.37. The minimum absolute atomic E-state index is 0.171. The van der Waals surface area contributed by atoms with Crippen molar-refractivity contribution in [3.05, 3.63) is 63.6 Å². The number of halogens is 1. The van der Waals surface area contributed by atoms with Crippen LogP contribution in [0.4, 0.5) is 10.5 Å². The van der Waals surface area contributed by atoms with Crippen LogP contribution >= 0.6 is 15.9 Å². The first-order chi connectivity index (χ1) is 10.0. The van der Waals surface area contributed by atoms with Crippen LogP contribution in [-0.2, 0) is 6.42 Å². The zero-order chi connectivity index (χ0) is 15.2. The van der Waals surface area contributed by atoms with Crippen LogP contribution in [0.2, 0.25) is 0 Å². The fraction of sp³-hybridized carbons (Fsp3) is 0.235. The average molecular weight is 347 g/mol. The third-order valence-corrected chi connectivity index (χ3v) is 3.56. The van der Waals surface area contributed by atoms with Crippen LogP contribution in [0.15, 0.2) is 46.9 Å². The Morgan fingerprint density at radius 1 is 1.10 bits per heavy atom. The zero-order valence-corrected chi connectivity index (χ0v) is 13.8. The van der Waals surface area contributed by atoms with Crippen molar-refractivity contribution in [3.63, 3.8) is 0 Å². The summed E-state index contributed by atoms with van der Waals surface area (Å²) >= 11 is 3.44. The van der Waals surface area contributed by atoms with Crippen LogP contribution in [0, 0.1) is 13.8 Å². The number of anilines is 1. The van der Waals surface area contributed by atoms with E-state index in [4.69, 9.17) is 0 Å². The third-order valence-electron chi connectivity index (χ3n) is 3.07. The largest absolute Gasteiger partial charge is 0.338 e. The molecule has 0 heterocycles. The number of aryl methyl sites for hydroxylation is 2. The number of benzene rings is 2. The van der Waals surface area contributed by atoms with Crippen LogP contribution in [0.3, 0.4) is 0 Å². The summed E-state index contributed by atoms with van der Waals surface area (Å²) in [6, 6.07) is 13.9. The molecule has 2 N–H and O–H groups in total. The van der Waals surface area contributed by atoms with Gasteiger partial charge in [0.1, 0.15) is 0 Å². The van der Waals surface area contributed by atoms with Gasteiger partial charge in [0, 0.05) is 16.7 Å². The molecule has 0 unspecified atom stereocenters. The van der Waals surface area contributed by atoms with Gasteiger partial charge in [0.05, 0.1) is 0 Å². The maximum atomic E-state index is 11.9. The maximum absolute atomic E-state index is 11.9. The van der Waals surface area contributed by atoms with Gasteiger partial charge in [0.25, 0.3) is 0 Å². The summed E-state index contributed by atoms with van der Waals surface area (Å²) in [6.07, 6.45) is 0.805. The lowest BCUT2D eigenvalue weighted by atomic mass is 10.1. The lowest BCUT2D eigenvalue weighted by Gasteiger charge is -2.09. The van der Waals surface area contributed by atoms with Gasteiger partial charge in [-0.3, -0.25) is 0 Å². The highest BCUT2D eigenvalue weighted by Crippen LogP contribution is 2.14. The molecule has 0 aliphatic carbocycles. The molecule has 2 aromatic rings. The second-order valence-electron chi connectivity index (χ2n) is 5.14. The van der Waals surface area contributed by atoms with Crippen molar-refractivity contribution in [3.8, 4) is 0 Å². The molecule has 2 aromatic carbocycles. The highest BCUT2D eigenvalue weighted by Gasteiger charge is 2.02. The van der Waals surface area contributed by atoms with Crippen LogP contribution in [-0.4, -0.2) is 12.6 Å². The molecule has 0 aliphatic rings. The predicted octanol–water partition coefficient (Wildman–Crippen LogP) is 4.43. The van der Waals surface area contributed by atoms with Gasteiger partial charge < -0.3 is 10.6 Å². The molecule has 0 fully saturated rings. The Kier molecular flexibility index (Phi) is 5.39. The summed E-state index contributed by atoms with van der Waals surface area (Å²) < 4.78 is 1.06. The summed E-state index contributed by atoms with van der Waals surface area (Å²) in [5.41, 5.74) is 4.29. The molecule has 3 nitrogen and oxygen atoms in total. The maximum Gasteiger partial charge on any atom is 0.319 e. The van der Waals surface area contributed by atoms with E-state index in [0.717, 1.165) is 27.7 Å².